The summed E-state index contributed by atoms with van der Waals surface area (Å²) >= 11 is 0. The number of nitrogens with zero attached hydrogens (tertiary/aromatic N) is 1. The molecule has 23 heavy (non-hydrogen) atoms. The van der Waals surface area contributed by atoms with Crippen LogP contribution in [-0.4, -0.2) is 36.0 Å². The number of aliphatic hydroxyl groups is 1. The third-order valence-electron chi connectivity index (χ3n) is 4.30. The predicted octanol–water partition coefficient (Wildman–Crippen LogP) is 2.89. The zero-order chi connectivity index (χ0) is 16.2. The fourth-order valence-corrected chi connectivity index (χ4v) is 3.08. The predicted molar refractivity (Wildman–Crippen MR) is 91.3 cm³/mol. The maximum absolute atomic E-state index is 9.74. The molecule has 0 saturated heterocycles. The van der Waals surface area contributed by atoms with Crippen LogP contribution in [0.25, 0.3) is 0 Å². The minimum absolute atomic E-state index is 0.0619. The lowest BCUT2D eigenvalue weighted by atomic mass is 10.0. The number of phenols is 1. The van der Waals surface area contributed by atoms with Gasteiger partial charge in [-0.05, 0) is 36.6 Å². The zero-order valence-corrected chi connectivity index (χ0v) is 13.4. The average molecular weight is 313 g/mol. The molecule has 1 aliphatic heterocycles. The van der Waals surface area contributed by atoms with Crippen LogP contribution < -0.4 is 9.64 Å². The molecular weight excluding hydrogens is 290 g/mol. The average Bonchev–Trinajstić information content (AvgIpc) is 2.55. The Bertz CT molecular complexity index is 671. The first-order valence-electron chi connectivity index (χ1n) is 8.07. The summed E-state index contributed by atoms with van der Waals surface area (Å²) in [7, 11) is 0. The Morgan fingerprint density at radius 2 is 2.04 bits per heavy atom. The van der Waals surface area contributed by atoms with Crippen LogP contribution in [0.1, 0.15) is 17.5 Å². The van der Waals surface area contributed by atoms with Crippen molar-refractivity contribution < 1.29 is 14.9 Å². The van der Waals surface area contributed by atoms with Crippen LogP contribution >= 0.6 is 0 Å². The van der Waals surface area contributed by atoms with Gasteiger partial charge in [-0.2, -0.15) is 0 Å². The van der Waals surface area contributed by atoms with E-state index < -0.39 is 0 Å². The number of fused-ring (bicyclic) bond motifs is 1. The molecule has 0 saturated carbocycles. The second kappa shape index (κ2) is 6.92. The van der Waals surface area contributed by atoms with E-state index in [1.165, 1.54) is 11.1 Å². The van der Waals surface area contributed by atoms with Gasteiger partial charge in [0, 0.05) is 25.6 Å². The van der Waals surface area contributed by atoms with Crippen LogP contribution in [0.3, 0.4) is 0 Å². The number of rotatable bonds is 5. The van der Waals surface area contributed by atoms with E-state index in [1.807, 2.05) is 12.1 Å². The van der Waals surface area contributed by atoms with Gasteiger partial charge in [0.1, 0.15) is 17.6 Å². The molecule has 1 atom stereocenters. The first-order valence-corrected chi connectivity index (χ1v) is 8.07. The summed E-state index contributed by atoms with van der Waals surface area (Å²) in [5.41, 5.74) is 3.47. The van der Waals surface area contributed by atoms with Gasteiger partial charge < -0.3 is 19.8 Å². The van der Waals surface area contributed by atoms with Crippen molar-refractivity contribution in [2.75, 3.05) is 24.6 Å². The molecule has 122 valence electrons. The van der Waals surface area contributed by atoms with Gasteiger partial charge in [-0.25, -0.2) is 0 Å². The normalized spacial score (nSPS) is 16.8. The summed E-state index contributed by atoms with van der Waals surface area (Å²) < 4.78 is 6.14. The van der Waals surface area contributed by atoms with E-state index in [2.05, 4.69) is 30.0 Å². The highest BCUT2D eigenvalue weighted by molar-refractivity contribution is 5.63. The van der Waals surface area contributed by atoms with Crippen LogP contribution in [0.4, 0.5) is 5.69 Å². The molecule has 0 aromatic heterocycles. The molecule has 1 unspecified atom stereocenters. The molecule has 0 radical (unpaired) electrons. The molecule has 2 N–H and O–H groups in total. The summed E-state index contributed by atoms with van der Waals surface area (Å²) in [4.78, 5) is 2.19. The molecule has 1 heterocycles. The standard InChI is InChI=1S/C19H23NO3/c1-14-5-2-3-6-15(14)11-17-13-20(9-4-10-21)18-12-16(22)7-8-19(18)23-17/h2-3,5-8,12,17,21-22H,4,9-11,13H2,1H3. The molecule has 1 aliphatic rings. The van der Waals surface area contributed by atoms with E-state index >= 15 is 0 Å². The number of hydrogen-bond donors (Lipinski definition) is 2. The van der Waals surface area contributed by atoms with Crippen LogP contribution in [0, 0.1) is 6.92 Å². The first-order chi connectivity index (χ1) is 11.2. The highest BCUT2D eigenvalue weighted by atomic mass is 16.5. The second-order valence-electron chi connectivity index (χ2n) is 6.05. The topological polar surface area (TPSA) is 52.9 Å². The number of anilines is 1. The Labute approximate surface area is 136 Å². The Morgan fingerprint density at radius 3 is 2.83 bits per heavy atom. The van der Waals surface area contributed by atoms with E-state index in [9.17, 15) is 5.11 Å². The molecule has 0 aliphatic carbocycles. The lowest BCUT2D eigenvalue weighted by Crippen LogP contribution is -2.42. The van der Waals surface area contributed by atoms with Gasteiger partial charge in [0.25, 0.3) is 0 Å². The Kier molecular flexibility index (Phi) is 4.72. The summed E-state index contributed by atoms with van der Waals surface area (Å²) in [6.07, 6.45) is 1.61. The number of phenolic OH excluding ortho intramolecular Hbond substituents is 1. The zero-order valence-electron chi connectivity index (χ0n) is 13.4. The van der Waals surface area contributed by atoms with E-state index in [0.29, 0.717) is 6.42 Å². The summed E-state index contributed by atoms with van der Waals surface area (Å²) in [5.74, 6) is 1.03. The third-order valence-corrected chi connectivity index (χ3v) is 4.30. The van der Waals surface area contributed by atoms with Gasteiger partial charge >= 0.3 is 0 Å². The SMILES string of the molecule is Cc1ccccc1CC1CN(CCCO)c2cc(O)ccc2O1. The van der Waals surface area contributed by atoms with Gasteiger partial charge in [0.05, 0.1) is 12.2 Å². The van der Waals surface area contributed by atoms with Crippen molar-refractivity contribution in [2.45, 2.75) is 25.9 Å². The first kappa shape index (κ1) is 15.7. The molecule has 0 spiro atoms. The molecule has 0 fully saturated rings. The highest BCUT2D eigenvalue weighted by Crippen LogP contribution is 2.36. The maximum Gasteiger partial charge on any atom is 0.143 e. The maximum atomic E-state index is 9.74. The molecule has 0 amide bonds. The Balaban J connectivity index is 1.82. The van der Waals surface area contributed by atoms with E-state index in [0.717, 1.165) is 30.9 Å². The molecular formula is C19H23NO3. The molecule has 0 bridgehead atoms. The van der Waals surface area contributed by atoms with Gasteiger partial charge in [-0.3, -0.25) is 0 Å². The molecule has 2 aromatic rings. The van der Waals surface area contributed by atoms with Crippen molar-refractivity contribution in [3.8, 4) is 11.5 Å². The van der Waals surface area contributed by atoms with Gasteiger partial charge in [-0.15, -0.1) is 0 Å². The van der Waals surface area contributed by atoms with Crippen molar-refractivity contribution in [3.63, 3.8) is 0 Å². The number of aliphatic hydroxyl groups excluding tert-OH is 1. The van der Waals surface area contributed by atoms with Crippen molar-refractivity contribution >= 4 is 5.69 Å². The number of ether oxygens (including phenoxy) is 1. The van der Waals surface area contributed by atoms with E-state index in [1.54, 1.807) is 12.1 Å². The molecule has 4 nitrogen and oxygen atoms in total. The lowest BCUT2D eigenvalue weighted by molar-refractivity contribution is 0.191. The van der Waals surface area contributed by atoms with Crippen LogP contribution in [0.2, 0.25) is 0 Å². The van der Waals surface area contributed by atoms with Crippen LogP contribution in [0.15, 0.2) is 42.5 Å². The minimum Gasteiger partial charge on any atom is -0.508 e. The number of aryl methyl sites for hydroxylation is 1. The second-order valence-corrected chi connectivity index (χ2v) is 6.05. The van der Waals surface area contributed by atoms with E-state index in [-0.39, 0.29) is 18.5 Å². The monoisotopic (exact) mass is 313 g/mol. The number of aromatic hydroxyl groups is 1. The quantitative estimate of drug-likeness (QED) is 0.891. The lowest BCUT2D eigenvalue weighted by Gasteiger charge is -2.36. The highest BCUT2D eigenvalue weighted by Gasteiger charge is 2.26. The van der Waals surface area contributed by atoms with Crippen molar-refractivity contribution in [1.82, 2.24) is 0 Å². The largest absolute Gasteiger partial charge is 0.508 e. The van der Waals surface area contributed by atoms with Gasteiger partial charge in [0.15, 0.2) is 0 Å². The Hall–Kier alpha value is -2.20. The van der Waals surface area contributed by atoms with Crippen LogP contribution in [0.5, 0.6) is 11.5 Å². The molecule has 4 heteroatoms. The summed E-state index contributed by atoms with van der Waals surface area (Å²) in [6.45, 7) is 3.78. The van der Waals surface area contributed by atoms with E-state index in [4.69, 9.17) is 9.84 Å². The third kappa shape index (κ3) is 3.59. The minimum atomic E-state index is 0.0619. The summed E-state index contributed by atoms with van der Waals surface area (Å²) in [6, 6.07) is 13.6. The van der Waals surface area contributed by atoms with Crippen LogP contribution in [-0.2, 0) is 6.42 Å². The van der Waals surface area contributed by atoms with Crippen molar-refractivity contribution in [3.05, 3.63) is 53.6 Å². The fraction of sp³-hybridized carbons (Fsp3) is 0.368. The molecule has 3 rings (SSSR count). The number of benzene rings is 2. The summed E-state index contributed by atoms with van der Waals surface area (Å²) in [5, 5.41) is 18.9. The van der Waals surface area contributed by atoms with Gasteiger partial charge in [-0.1, -0.05) is 24.3 Å². The molecule has 2 aromatic carbocycles. The van der Waals surface area contributed by atoms with Gasteiger partial charge in [0.2, 0.25) is 0 Å². The van der Waals surface area contributed by atoms with Crippen molar-refractivity contribution in [2.24, 2.45) is 0 Å². The fourth-order valence-electron chi connectivity index (χ4n) is 3.08. The van der Waals surface area contributed by atoms with Crippen molar-refractivity contribution in [1.29, 1.82) is 0 Å². The Morgan fingerprint density at radius 1 is 1.22 bits per heavy atom. The number of hydrogen-bond acceptors (Lipinski definition) is 4. The smallest absolute Gasteiger partial charge is 0.143 e.